The van der Waals surface area contributed by atoms with E-state index in [1.165, 1.54) is 6.07 Å². The maximum absolute atomic E-state index is 12.3. The third-order valence-corrected chi connectivity index (χ3v) is 5.65. The van der Waals surface area contributed by atoms with Gasteiger partial charge in [0.05, 0.1) is 9.82 Å². The lowest BCUT2D eigenvalue weighted by molar-refractivity contribution is -0.385. The Balaban J connectivity index is 2.25. The van der Waals surface area contributed by atoms with Gasteiger partial charge in [0.2, 0.25) is 10.0 Å². The van der Waals surface area contributed by atoms with Crippen molar-refractivity contribution in [2.24, 2.45) is 0 Å². The summed E-state index contributed by atoms with van der Waals surface area (Å²) in [5.41, 5.74) is 1.17. The van der Waals surface area contributed by atoms with E-state index in [0.717, 1.165) is 31.1 Å². The van der Waals surface area contributed by atoms with Crippen molar-refractivity contribution in [3.05, 3.63) is 43.9 Å². The van der Waals surface area contributed by atoms with Gasteiger partial charge in [0, 0.05) is 29.2 Å². The van der Waals surface area contributed by atoms with Crippen LogP contribution >= 0.6 is 15.9 Å². The molecular weight excluding hydrogens is 374 g/mol. The second kappa shape index (κ2) is 6.86. The minimum atomic E-state index is -3.80. The summed E-state index contributed by atoms with van der Waals surface area (Å²) in [5.74, 6) is 0. The number of benzene rings is 1. The number of halogens is 1. The van der Waals surface area contributed by atoms with E-state index >= 15 is 0 Å². The summed E-state index contributed by atoms with van der Waals surface area (Å²) in [6.45, 7) is 3.31. The first-order valence-corrected chi connectivity index (χ1v) is 8.91. The molecule has 0 bridgehead atoms. The Labute approximate surface area is 137 Å². The molecule has 0 fully saturated rings. The van der Waals surface area contributed by atoms with E-state index in [0.29, 0.717) is 10.0 Å². The highest BCUT2D eigenvalue weighted by Gasteiger charge is 2.22. The van der Waals surface area contributed by atoms with E-state index in [-0.39, 0.29) is 17.1 Å². The molecule has 2 rings (SSSR count). The predicted molar refractivity (Wildman–Crippen MR) is 86.3 cm³/mol. The molecule has 0 amide bonds. The summed E-state index contributed by atoms with van der Waals surface area (Å²) in [6.07, 6.45) is 2.72. The molecule has 0 unspecified atom stereocenters. The number of rotatable bonds is 5. The fraction of sp³-hybridized carbons (Fsp3) is 0.385. The lowest BCUT2D eigenvalue weighted by Crippen LogP contribution is -2.29. The highest BCUT2D eigenvalue weighted by Crippen LogP contribution is 2.29. The maximum Gasteiger partial charge on any atom is 0.274 e. The summed E-state index contributed by atoms with van der Waals surface area (Å²) in [7, 11) is -3.80. The van der Waals surface area contributed by atoms with Crippen LogP contribution in [-0.2, 0) is 10.0 Å². The standard InChI is InChI=1S/C13H16BrN3O4S/c1-9-12(14)6-11(7-13(9)17(18)19)22(20,21)16-8-10-2-4-15-5-3-10/h2,6-7,15-16H,3-5,8H2,1H3. The van der Waals surface area contributed by atoms with Gasteiger partial charge in [-0.25, -0.2) is 13.1 Å². The Bertz CT molecular complexity index is 731. The number of nitro benzene ring substituents is 1. The van der Waals surface area contributed by atoms with Crippen molar-refractivity contribution < 1.29 is 13.3 Å². The molecule has 9 heteroatoms. The van der Waals surface area contributed by atoms with Crippen LogP contribution in [-0.4, -0.2) is 33.0 Å². The van der Waals surface area contributed by atoms with Gasteiger partial charge in [0.25, 0.3) is 5.69 Å². The van der Waals surface area contributed by atoms with Gasteiger partial charge in [-0.15, -0.1) is 0 Å². The van der Waals surface area contributed by atoms with Crippen LogP contribution in [0.25, 0.3) is 0 Å². The summed E-state index contributed by atoms with van der Waals surface area (Å²) in [4.78, 5) is 10.3. The Morgan fingerprint density at radius 2 is 2.18 bits per heavy atom. The SMILES string of the molecule is Cc1c(Br)cc(S(=O)(=O)NCC2=CCNCC2)cc1[N+](=O)[O-]. The average Bonchev–Trinajstić information content (AvgIpc) is 2.48. The van der Waals surface area contributed by atoms with Gasteiger partial charge in [-0.2, -0.15) is 0 Å². The summed E-state index contributed by atoms with van der Waals surface area (Å²) in [6, 6.07) is 2.46. The minimum absolute atomic E-state index is 0.119. The minimum Gasteiger partial charge on any atom is -0.313 e. The molecule has 1 aliphatic heterocycles. The molecule has 1 aliphatic rings. The zero-order valence-electron chi connectivity index (χ0n) is 11.9. The van der Waals surface area contributed by atoms with Crippen LogP contribution in [0, 0.1) is 17.0 Å². The van der Waals surface area contributed by atoms with E-state index in [4.69, 9.17) is 0 Å². The molecule has 120 valence electrons. The Hall–Kier alpha value is -1.29. The molecule has 7 nitrogen and oxygen atoms in total. The van der Waals surface area contributed by atoms with E-state index in [2.05, 4.69) is 26.0 Å². The lowest BCUT2D eigenvalue weighted by atomic mass is 10.1. The smallest absolute Gasteiger partial charge is 0.274 e. The third-order valence-electron chi connectivity index (χ3n) is 3.44. The molecule has 0 atom stereocenters. The number of hydrogen-bond donors (Lipinski definition) is 2. The fourth-order valence-electron chi connectivity index (χ4n) is 2.09. The summed E-state index contributed by atoms with van der Waals surface area (Å²) in [5, 5.41) is 14.2. The molecule has 2 N–H and O–H groups in total. The fourth-order valence-corrected chi connectivity index (χ4v) is 3.77. The molecule has 0 aliphatic carbocycles. The van der Waals surface area contributed by atoms with Crippen molar-refractivity contribution in [3.8, 4) is 0 Å². The normalized spacial score (nSPS) is 15.5. The van der Waals surface area contributed by atoms with Crippen LogP contribution < -0.4 is 10.0 Å². The van der Waals surface area contributed by atoms with Gasteiger partial charge >= 0.3 is 0 Å². The van der Waals surface area contributed by atoms with Crippen LogP contribution in [0.15, 0.2) is 33.2 Å². The number of nitrogens with zero attached hydrogens (tertiary/aromatic N) is 1. The molecule has 0 radical (unpaired) electrons. The summed E-state index contributed by atoms with van der Waals surface area (Å²) < 4.78 is 27.5. The van der Waals surface area contributed by atoms with Crippen LogP contribution in [0.3, 0.4) is 0 Å². The maximum atomic E-state index is 12.3. The first kappa shape index (κ1) is 17.1. The number of nitrogens with one attached hydrogen (secondary N) is 2. The first-order chi connectivity index (χ1) is 10.3. The van der Waals surface area contributed by atoms with Gasteiger partial charge < -0.3 is 5.32 Å². The zero-order chi connectivity index (χ0) is 16.3. The van der Waals surface area contributed by atoms with Gasteiger partial charge in [0.15, 0.2) is 0 Å². The van der Waals surface area contributed by atoms with Gasteiger partial charge in [-0.05, 0) is 26.0 Å². The molecular formula is C13H16BrN3O4S. The monoisotopic (exact) mass is 389 g/mol. The number of nitro groups is 1. The number of hydrogen-bond acceptors (Lipinski definition) is 5. The Morgan fingerprint density at radius 1 is 1.45 bits per heavy atom. The highest BCUT2D eigenvalue weighted by atomic mass is 79.9. The van der Waals surface area contributed by atoms with Crippen molar-refractivity contribution in [2.75, 3.05) is 19.6 Å². The molecule has 1 heterocycles. The number of sulfonamides is 1. The van der Waals surface area contributed by atoms with Crippen LogP contribution in [0.2, 0.25) is 0 Å². The second-order valence-electron chi connectivity index (χ2n) is 4.95. The van der Waals surface area contributed by atoms with Crippen molar-refractivity contribution in [3.63, 3.8) is 0 Å². The zero-order valence-corrected chi connectivity index (χ0v) is 14.3. The van der Waals surface area contributed by atoms with Crippen molar-refractivity contribution >= 4 is 31.6 Å². The van der Waals surface area contributed by atoms with Gasteiger partial charge in [0.1, 0.15) is 0 Å². The topological polar surface area (TPSA) is 101 Å². The molecule has 1 aromatic rings. The van der Waals surface area contributed by atoms with E-state index < -0.39 is 14.9 Å². The van der Waals surface area contributed by atoms with Crippen molar-refractivity contribution in [1.82, 2.24) is 10.0 Å². The lowest BCUT2D eigenvalue weighted by Gasteiger charge is -2.15. The second-order valence-corrected chi connectivity index (χ2v) is 7.57. The van der Waals surface area contributed by atoms with Crippen LogP contribution in [0.4, 0.5) is 5.69 Å². The third kappa shape index (κ3) is 3.92. The van der Waals surface area contributed by atoms with E-state index in [9.17, 15) is 18.5 Å². The van der Waals surface area contributed by atoms with Gasteiger partial charge in [-0.1, -0.05) is 27.6 Å². The Morgan fingerprint density at radius 3 is 2.77 bits per heavy atom. The first-order valence-electron chi connectivity index (χ1n) is 6.64. The molecule has 1 aromatic carbocycles. The summed E-state index contributed by atoms with van der Waals surface area (Å²) >= 11 is 3.17. The Kier molecular flexibility index (Phi) is 5.32. The quantitative estimate of drug-likeness (QED) is 0.454. The molecule has 0 aromatic heterocycles. The van der Waals surface area contributed by atoms with E-state index in [1.54, 1.807) is 6.92 Å². The highest BCUT2D eigenvalue weighted by molar-refractivity contribution is 9.10. The largest absolute Gasteiger partial charge is 0.313 e. The molecule has 0 spiro atoms. The van der Waals surface area contributed by atoms with E-state index in [1.807, 2.05) is 6.08 Å². The molecule has 0 saturated carbocycles. The van der Waals surface area contributed by atoms with Crippen LogP contribution in [0.5, 0.6) is 0 Å². The average molecular weight is 390 g/mol. The molecule has 0 saturated heterocycles. The van der Waals surface area contributed by atoms with Crippen molar-refractivity contribution in [2.45, 2.75) is 18.2 Å². The predicted octanol–water partition coefficient (Wildman–Crippen LogP) is 1.86. The van der Waals surface area contributed by atoms with Gasteiger partial charge in [-0.3, -0.25) is 10.1 Å². The molecule has 22 heavy (non-hydrogen) atoms. The van der Waals surface area contributed by atoms with Crippen molar-refractivity contribution in [1.29, 1.82) is 0 Å². The van der Waals surface area contributed by atoms with Crippen LogP contribution in [0.1, 0.15) is 12.0 Å².